The first kappa shape index (κ1) is 21.3. The topological polar surface area (TPSA) is 79.2 Å². The van der Waals surface area contributed by atoms with Gasteiger partial charge in [0, 0.05) is 5.02 Å². The van der Waals surface area contributed by atoms with Crippen LogP contribution in [0.3, 0.4) is 0 Å². The first-order valence-corrected chi connectivity index (χ1v) is 11.7. The minimum absolute atomic E-state index is 0.0866. The average molecular weight is 469 g/mol. The number of rotatable bonds is 4. The number of amides is 2. The second-order valence-electron chi connectivity index (χ2n) is 7.29. The van der Waals surface area contributed by atoms with Crippen molar-refractivity contribution in [2.45, 2.75) is 17.4 Å². The van der Waals surface area contributed by atoms with Crippen LogP contribution in [0.5, 0.6) is 0 Å². The molecule has 0 radical (unpaired) electrons. The lowest BCUT2D eigenvalue weighted by Gasteiger charge is -2.33. The number of sulfonamides is 1. The first-order chi connectivity index (χ1) is 14.3. The molecule has 2 aliphatic rings. The number of nitrogens with zero attached hydrogens (tertiary/aromatic N) is 2. The van der Waals surface area contributed by atoms with Gasteiger partial charge in [0.2, 0.25) is 15.9 Å². The van der Waals surface area contributed by atoms with Gasteiger partial charge in [0.05, 0.1) is 48.2 Å². The maximum absolute atomic E-state index is 13.0. The van der Waals surface area contributed by atoms with Gasteiger partial charge in [-0.05, 0) is 36.4 Å². The third-order valence-electron chi connectivity index (χ3n) is 5.55. The van der Waals surface area contributed by atoms with E-state index < -0.39 is 16.1 Å². The van der Waals surface area contributed by atoms with Gasteiger partial charge in [-0.2, -0.15) is 4.31 Å². The standard InChI is InChI=1S/C20H19Cl2N3O4S/c21-14-5-7-15(8-6-14)30(28,29)24-11-9-23(10-12-24)18-13-19(26)25(20(18)27)17-4-2-1-3-16(17)22/h1-8,18H,9-13H2/p+1/t18-/m0/s1. The summed E-state index contributed by atoms with van der Waals surface area (Å²) in [5.41, 5.74) is 0.389. The molecule has 2 heterocycles. The van der Waals surface area contributed by atoms with Crippen LogP contribution in [0.2, 0.25) is 10.0 Å². The van der Waals surface area contributed by atoms with Crippen molar-refractivity contribution < 1.29 is 22.9 Å². The van der Waals surface area contributed by atoms with Gasteiger partial charge in [0.25, 0.3) is 5.91 Å². The second-order valence-corrected chi connectivity index (χ2v) is 10.1. The number of imide groups is 1. The van der Waals surface area contributed by atoms with Crippen LogP contribution in [0.1, 0.15) is 6.42 Å². The van der Waals surface area contributed by atoms with Crippen molar-refractivity contribution in [3.63, 3.8) is 0 Å². The zero-order chi connectivity index (χ0) is 21.5. The fraction of sp³-hybridized carbons (Fsp3) is 0.300. The predicted molar refractivity (Wildman–Crippen MR) is 113 cm³/mol. The fourth-order valence-electron chi connectivity index (χ4n) is 3.95. The zero-order valence-electron chi connectivity index (χ0n) is 15.9. The number of anilines is 1. The van der Waals surface area contributed by atoms with E-state index in [1.165, 1.54) is 16.4 Å². The van der Waals surface area contributed by atoms with E-state index in [2.05, 4.69) is 0 Å². The highest BCUT2D eigenvalue weighted by atomic mass is 35.5. The molecule has 0 unspecified atom stereocenters. The lowest BCUT2D eigenvalue weighted by atomic mass is 10.2. The number of piperazine rings is 1. The van der Waals surface area contributed by atoms with Crippen molar-refractivity contribution in [3.05, 3.63) is 58.6 Å². The number of hydrogen-bond acceptors (Lipinski definition) is 4. The Bertz CT molecular complexity index is 1080. The van der Waals surface area contributed by atoms with Gasteiger partial charge in [-0.15, -0.1) is 0 Å². The first-order valence-electron chi connectivity index (χ1n) is 9.50. The van der Waals surface area contributed by atoms with E-state index in [0.717, 1.165) is 9.80 Å². The molecule has 2 fully saturated rings. The minimum Gasteiger partial charge on any atom is -0.322 e. The highest BCUT2D eigenvalue weighted by molar-refractivity contribution is 7.89. The summed E-state index contributed by atoms with van der Waals surface area (Å²) in [5.74, 6) is -0.584. The van der Waals surface area contributed by atoms with Crippen LogP contribution in [0, 0.1) is 0 Å². The van der Waals surface area contributed by atoms with Gasteiger partial charge < -0.3 is 4.90 Å². The van der Waals surface area contributed by atoms with Crippen LogP contribution >= 0.6 is 23.2 Å². The van der Waals surface area contributed by atoms with Gasteiger partial charge in [-0.3, -0.25) is 9.59 Å². The largest absolute Gasteiger partial charge is 0.322 e. The molecular formula is C20H20Cl2N3O4S+. The van der Waals surface area contributed by atoms with Crippen LogP contribution in [0.4, 0.5) is 5.69 Å². The molecule has 2 aliphatic heterocycles. The summed E-state index contributed by atoms with van der Waals surface area (Å²) in [4.78, 5) is 27.8. The van der Waals surface area contributed by atoms with Gasteiger partial charge in [-0.1, -0.05) is 35.3 Å². The van der Waals surface area contributed by atoms with E-state index in [0.29, 0.717) is 28.8 Å². The monoisotopic (exact) mass is 468 g/mol. The van der Waals surface area contributed by atoms with E-state index in [9.17, 15) is 18.0 Å². The Morgan fingerprint density at radius 2 is 1.57 bits per heavy atom. The summed E-state index contributed by atoms with van der Waals surface area (Å²) in [6, 6.07) is 12.3. The normalized spacial score (nSPS) is 21.4. The number of hydrogen-bond donors (Lipinski definition) is 1. The van der Waals surface area contributed by atoms with E-state index in [1.54, 1.807) is 36.4 Å². The van der Waals surface area contributed by atoms with E-state index in [4.69, 9.17) is 23.2 Å². The molecule has 2 aromatic carbocycles. The van der Waals surface area contributed by atoms with Gasteiger partial charge >= 0.3 is 0 Å². The molecule has 2 amide bonds. The molecule has 30 heavy (non-hydrogen) atoms. The fourth-order valence-corrected chi connectivity index (χ4v) is 5.74. The van der Waals surface area contributed by atoms with E-state index >= 15 is 0 Å². The summed E-state index contributed by atoms with van der Waals surface area (Å²) >= 11 is 12.0. The van der Waals surface area contributed by atoms with Gasteiger partial charge in [0.1, 0.15) is 0 Å². The summed E-state index contributed by atoms with van der Waals surface area (Å²) in [6.07, 6.45) is 0.0866. The predicted octanol–water partition coefficient (Wildman–Crippen LogP) is 1.21. The summed E-state index contributed by atoms with van der Waals surface area (Å²) in [5, 5.41) is 0.810. The summed E-state index contributed by atoms with van der Waals surface area (Å²) in [7, 11) is -3.63. The molecule has 0 saturated carbocycles. The molecule has 2 aromatic rings. The lowest BCUT2D eigenvalue weighted by molar-refractivity contribution is -0.918. The smallest absolute Gasteiger partial charge is 0.292 e. The van der Waals surface area contributed by atoms with Crippen LogP contribution in [-0.2, 0) is 19.6 Å². The number of carbonyl (C=O) groups is 2. The molecule has 1 N–H and O–H groups in total. The molecule has 0 spiro atoms. The third kappa shape index (κ3) is 3.86. The quantitative estimate of drug-likeness (QED) is 0.684. The SMILES string of the molecule is O=C1C[C@H]([NH+]2CCN(S(=O)(=O)c3ccc(Cl)cc3)CC2)C(=O)N1c1ccccc1Cl. The molecule has 1 atom stereocenters. The number of carbonyl (C=O) groups excluding carboxylic acids is 2. The average Bonchev–Trinajstić information content (AvgIpc) is 3.03. The zero-order valence-corrected chi connectivity index (χ0v) is 18.3. The van der Waals surface area contributed by atoms with E-state index in [1.807, 2.05) is 0 Å². The highest BCUT2D eigenvalue weighted by Gasteiger charge is 2.47. The van der Waals surface area contributed by atoms with Crippen molar-refractivity contribution in [2.24, 2.45) is 0 Å². The Morgan fingerprint density at radius 3 is 2.20 bits per heavy atom. The molecule has 2 saturated heterocycles. The van der Waals surface area contributed by atoms with Crippen molar-refractivity contribution in [1.29, 1.82) is 0 Å². The molecule has 0 aliphatic carbocycles. The van der Waals surface area contributed by atoms with Gasteiger partial charge in [-0.25, -0.2) is 13.3 Å². The number of benzene rings is 2. The molecule has 158 valence electrons. The Morgan fingerprint density at radius 1 is 0.933 bits per heavy atom. The Labute approximate surface area is 184 Å². The molecule has 4 rings (SSSR count). The van der Waals surface area contributed by atoms with Crippen molar-refractivity contribution in [1.82, 2.24) is 4.31 Å². The Kier molecular flexibility index (Phi) is 5.87. The second kappa shape index (κ2) is 8.28. The Hall–Kier alpha value is -1.97. The Balaban J connectivity index is 1.46. The molecule has 10 heteroatoms. The van der Waals surface area contributed by atoms with Crippen molar-refractivity contribution in [3.8, 4) is 0 Å². The molecule has 0 aromatic heterocycles. The molecule has 7 nitrogen and oxygen atoms in total. The maximum Gasteiger partial charge on any atom is 0.292 e. The molecular weight excluding hydrogens is 449 g/mol. The number of quaternary nitrogens is 1. The maximum atomic E-state index is 13.0. The van der Waals surface area contributed by atoms with Crippen molar-refractivity contribution in [2.75, 3.05) is 31.1 Å². The molecule has 0 bridgehead atoms. The van der Waals surface area contributed by atoms with E-state index in [-0.39, 0.29) is 36.2 Å². The van der Waals surface area contributed by atoms with Gasteiger partial charge in [0.15, 0.2) is 6.04 Å². The summed E-state index contributed by atoms with van der Waals surface area (Å²) < 4.78 is 27.1. The number of nitrogens with one attached hydrogen (secondary N) is 1. The lowest BCUT2D eigenvalue weighted by Crippen LogP contribution is -3.19. The van der Waals surface area contributed by atoms with Crippen molar-refractivity contribution >= 4 is 50.7 Å². The van der Waals surface area contributed by atoms with Crippen LogP contribution in [-0.4, -0.2) is 56.8 Å². The number of halogens is 2. The summed E-state index contributed by atoms with van der Waals surface area (Å²) in [6.45, 7) is 1.41. The minimum atomic E-state index is -3.63. The van der Waals surface area contributed by atoms with Crippen LogP contribution in [0.25, 0.3) is 0 Å². The highest BCUT2D eigenvalue weighted by Crippen LogP contribution is 2.29. The van der Waals surface area contributed by atoms with Crippen LogP contribution in [0.15, 0.2) is 53.4 Å². The third-order valence-corrected chi connectivity index (χ3v) is 8.03. The van der Waals surface area contributed by atoms with Crippen LogP contribution < -0.4 is 9.80 Å². The number of para-hydroxylation sites is 1.